The van der Waals surface area contributed by atoms with Crippen molar-refractivity contribution in [3.05, 3.63) is 95.0 Å². The van der Waals surface area contributed by atoms with Gasteiger partial charge in [-0.2, -0.15) is 0 Å². The Kier molecular flexibility index (Phi) is 6.74. The van der Waals surface area contributed by atoms with Gasteiger partial charge in [-0.25, -0.2) is 13.2 Å². The van der Waals surface area contributed by atoms with Crippen LogP contribution in [-0.4, -0.2) is 14.4 Å². The van der Waals surface area contributed by atoms with Gasteiger partial charge in [0.05, 0.1) is 5.75 Å². The average Bonchev–Trinajstić information content (AvgIpc) is 2.69. The Bertz CT molecular complexity index is 1050. The van der Waals surface area contributed by atoms with Crippen molar-refractivity contribution in [1.82, 2.24) is 5.32 Å². The summed E-state index contributed by atoms with van der Waals surface area (Å²) in [5.41, 5.74) is 2.60. The average molecular weight is 430 g/mol. The van der Waals surface area contributed by atoms with E-state index in [1.165, 1.54) is 0 Å². The highest BCUT2D eigenvalue weighted by Crippen LogP contribution is 2.16. The molecule has 3 N–H and O–H groups in total. The fourth-order valence-electron chi connectivity index (χ4n) is 2.59. The van der Waals surface area contributed by atoms with Gasteiger partial charge in [0.15, 0.2) is 0 Å². The Morgan fingerprint density at radius 2 is 1.41 bits per heavy atom. The third kappa shape index (κ3) is 6.81. The van der Waals surface area contributed by atoms with Gasteiger partial charge in [0.1, 0.15) is 0 Å². The standard InChI is InChI=1S/C21H20ClN3O3S/c22-18-8-6-16(7-9-18)14-23-21(26)24-19-10-12-20(13-11-19)25-29(27,28)15-17-4-2-1-3-5-17/h1-13,25H,14-15H2,(H2,23,24,26). The van der Waals surface area contributed by atoms with Crippen molar-refractivity contribution >= 4 is 39.0 Å². The molecule has 0 aromatic heterocycles. The molecule has 3 rings (SSSR count). The third-order valence-corrected chi connectivity index (χ3v) is 5.49. The molecule has 2 amide bonds. The van der Waals surface area contributed by atoms with Crippen molar-refractivity contribution in [3.8, 4) is 0 Å². The van der Waals surface area contributed by atoms with E-state index in [4.69, 9.17) is 11.6 Å². The number of rotatable bonds is 7. The van der Waals surface area contributed by atoms with Crippen LogP contribution < -0.4 is 15.4 Å². The minimum absolute atomic E-state index is 0.110. The van der Waals surface area contributed by atoms with E-state index in [9.17, 15) is 13.2 Å². The highest BCUT2D eigenvalue weighted by Gasteiger charge is 2.11. The van der Waals surface area contributed by atoms with Crippen molar-refractivity contribution in [2.75, 3.05) is 10.0 Å². The molecule has 0 atom stereocenters. The van der Waals surface area contributed by atoms with Crippen LogP contribution in [-0.2, 0) is 22.3 Å². The van der Waals surface area contributed by atoms with Gasteiger partial charge >= 0.3 is 6.03 Å². The van der Waals surface area contributed by atoms with Crippen molar-refractivity contribution in [1.29, 1.82) is 0 Å². The Morgan fingerprint density at radius 3 is 2.07 bits per heavy atom. The number of carbonyl (C=O) groups excluding carboxylic acids is 1. The fraction of sp³-hybridized carbons (Fsp3) is 0.0952. The predicted octanol–water partition coefficient (Wildman–Crippen LogP) is 4.60. The summed E-state index contributed by atoms with van der Waals surface area (Å²) in [6.45, 7) is 0.361. The lowest BCUT2D eigenvalue weighted by atomic mass is 10.2. The van der Waals surface area contributed by atoms with Crippen LogP contribution in [0.25, 0.3) is 0 Å². The van der Waals surface area contributed by atoms with Crippen molar-refractivity contribution in [2.45, 2.75) is 12.3 Å². The first kappa shape index (κ1) is 20.7. The molecule has 0 spiro atoms. The van der Waals surface area contributed by atoms with E-state index in [-0.39, 0.29) is 11.8 Å². The van der Waals surface area contributed by atoms with E-state index in [1.807, 2.05) is 18.2 Å². The molecule has 0 saturated heterocycles. The molecule has 0 aliphatic carbocycles. The summed E-state index contributed by atoms with van der Waals surface area (Å²) in [5, 5.41) is 6.08. The summed E-state index contributed by atoms with van der Waals surface area (Å²) in [6, 6.07) is 22.2. The maximum Gasteiger partial charge on any atom is 0.319 e. The van der Waals surface area contributed by atoms with Gasteiger partial charge in [0.25, 0.3) is 0 Å². The zero-order valence-corrected chi connectivity index (χ0v) is 17.0. The second kappa shape index (κ2) is 9.45. The zero-order chi connectivity index (χ0) is 20.7. The number of benzene rings is 3. The van der Waals surface area contributed by atoms with Gasteiger partial charge in [-0.05, 0) is 47.5 Å². The van der Waals surface area contributed by atoms with Crippen LogP contribution in [0.5, 0.6) is 0 Å². The van der Waals surface area contributed by atoms with Crippen molar-refractivity contribution < 1.29 is 13.2 Å². The lowest BCUT2D eigenvalue weighted by Crippen LogP contribution is -2.28. The topological polar surface area (TPSA) is 87.3 Å². The summed E-state index contributed by atoms with van der Waals surface area (Å²) < 4.78 is 27.1. The second-order valence-corrected chi connectivity index (χ2v) is 8.52. The van der Waals surface area contributed by atoms with Crippen LogP contribution in [0, 0.1) is 0 Å². The van der Waals surface area contributed by atoms with Crippen LogP contribution in [0.2, 0.25) is 5.02 Å². The van der Waals surface area contributed by atoms with Crippen LogP contribution in [0.3, 0.4) is 0 Å². The number of hydrogen-bond acceptors (Lipinski definition) is 3. The molecule has 6 nitrogen and oxygen atoms in total. The molecule has 3 aromatic carbocycles. The number of hydrogen-bond donors (Lipinski definition) is 3. The quantitative estimate of drug-likeness (QED) is 0.512. The SMILES string of the molecule is O=C(NCc1ccc(Cl)cc1)Nc1ccc(NS(=O)(=O)Cc2ccccc2)cc1. The smallest absolute Gasteiger partial charge is 0.319 e. The summed E-state index contributed by atoms with van der Waals surface area (Å²) in [5.74, 6) is -0.110. The molecule has 3 aromatic rings. The number of carbonyl (C=O) groups is 1. The largest absolute Gasteiger partial charge is 0.334 e. The van der Waals surface area contributed by atoms with Gasteiger partial charge in [-0.15, -0.1) is 0 Å². The van der Waals surface area contributed by atoms with E-state index >= 15 is 0 Å². The number of nitrogens with one attached hydrogen (secondary N) is 3. The summed E-state index contributed by atoms with van der Waals surface area (Å²) in [7, 11) is -3.53. The van der Waals surface area contributed by atoms with Crippen LogP contribution in [0.4, 0.5) is 16.2 Å². The lowest BCUT2D eigenvalue weighted by Gasteiger charge is -2.10. The van der Waals surface area contributed by atoms with Gasteiger partial charge in [0.2, 0.25) is 10.0 Å². The van der Waals surface area contributed by atoms with Crippen molar-refractivity contribution in [2.24, 2.45) is 0 Å². The number of urea groups is 1. The molecule has 29 heavy (non-hydrogen) atoms. The van der Waals surface area contributed by atoms with E-state index in [0.717, 1.165) is 5.56 Å². The fourth-order valence-corrected chi connectivity index (χ4v) is 3.92. The zero-order valence-electron chi connectivity index (χ0n) is 15.4. The molecule has 0 heterocycles. The normalized spacial score (nSPS) is 10.9. The molecule has 0 aliphatic rings. The Morgan fingerprint density at radius 1 is 0.793 bits per heavy atom. The number of amides is 2. The number of halogens is 1. The Hall–Kier alpha value is -3.03. The number of anilines is 2. The molecular weight excluding hydrogens is 410 g/mol. The Labute approximate surface area is 175 Å². The molecule has 0 unspecified atom stereocenters. The van der Waals surface area contributed by atoms with Gasteiger partial charge < -0.3 is 10.6 Å². The monoisotopic (exact) mass is 429 g/mol. The minimum Gasteiger partial charge on any atom is -0.334 e. The summed E-state index contributed by atoms with van der Waals surface area (Å²) >= 11 is 5.83. The molecule has 0 saturated carbocycles. The van der Waals surface area contributed by atoms with Crippen LogP contribution in [0.1, 0.15) is 11.1 Å². The van der Waals surface area contributed by atoms with Gasteiger partial charge in [-0.3, -0.25) is 4.72 Å². The first-order chi connectivity index (χ1) is 13.9. The van der Waals surface area contributed by atoms with E-state index in [1.54, 1.807) is 60.7 Å². The highest BCUT2D eigenvalue weighted by atomic mass is 35.5. The maximum atomic E-state index is 12.3. The maximum absolute atomic E-state index is 12.3. The van der Waals surface area contributed by atoms with E-state index < -0.39 is 10.0 Å². The molecule has 150 valence electrons. The molecule has 0 bridgehead atoms. The van der Waals surface area contributed by atoms with Crippen LogP contribution >= 0.6 is 11.6 Å². The molecule has 8 heteroatoms. The lowest BCUT2D eigenvalue weighted by molar-refractivity contribution is 0.251. The van der Waals surface area contributed by atoms with E-state index in [2.05, 4.69) is 15.4 Å². The Balaban J connectivity index is 1.51. The predicted molar refractivity (Wildman–Crippen MR) is 116 cm³/mol. The number of sulfonamides is 1. The first-order valence-corrected chi connectivity index (χ1v) is 10.9. The summed E-state index contributed by atoms with van der Waals surface area (Å²) in [6.07, 6.45) is 0. The van der Waals surface area contributed by atoms with E-state index in [0.29, 0.717) is 28.5 Å². The van der Waals surface area contributed by atoms with Crippen molar-refractivity contribution in [3.63, 3.8) is 0 Å². The molecular formula is C21H20ClN3O3S. The second-order valence-electron chi connectivity index (χ2n) is 6.36. The van der Waals surface area contributed by atoms with Crippen LogP contribution in [0.15, 0.2) is 78.9 Å². The summed E-state index contributed by atoms with van der Waals surface area (Å²) in [4.78, 5) is 12.0. The first-order valence-electron chi connectivity index (χ1n) is 8.83. The molecule has 0 aliphatic heterocycles. The van der Waals surface area contributed by atoms with Gasteiger partial charge in [-0.1, -0.05) is 54.1 Å². The third-order valence-electron chi connectivity index (χ3n) is 3.98. The molecule has 0 radical (unpaired) electrons. The minimum atomic E-state index is -3.53. The van der Waals surface area contributed by atoms with Gasteiger partial charge in [0, 0.05) is 22.9 Å². The molecule has 0 fully saturated rings. The highest BCUT2D eigenvalue weighted by molar-refractivity contribution is 7.91.